The molecule has 1 atom stereocenters. The normalized spacial score (nSPS) is 20.3. The molecule has 2 aliphatic rings. The topological polar surface area (TPSA) is 38.1 Å². The molecule has 0 radical (unpaired) electrons. The summed E-state index contributed by atoms with van der Waals surface area (Å²) in [5.41, 5.74) is -2.36. The summed E-state index contributed by atoms with van der Waals surface area (Å²) >= 11 is 0. The molecule has 1 aromatic carbocycles. The number of benzene rings is 1. The zero-order valence-electron chi connectivity index (χ0n) is 17.4. The molecule has 4 rings (SSSR count). The quantitative estimate of drug-likeness (QED) is 0.555. The Kier molecular flexibility index (Phi) is 5.75. The van der Waals surface area contributed by atoms with Crippen LogP contribution < -0.4 is 0 Å². The highest BCUT2D eigenvalue weighted by atomic mass is 19.4. The highest BCUT2D eigenvalue weighted by Crippen LogP contribution is 2.39. The maximum atomic E-state index is 13.2. The van der Waals surface area contributed by atoms with Gasteiger partial charge in [-0.15, -0.1) is 0 Å². The van der Waals surface area contributed by atoms with E-state index in [1.165, 1.54) is 0 Å². The molecule has 0 saturated carbocycles. The van der Waals surface area contributed by atoms with Crippen LogP contribution in [0.15, 0.2) is 24.4 Å². The van der Waals surface area contributed by atoms with Gasteiger partial charge in [-0.3, -0.25) is 4.79 Å². The third-order valence-electron chi connectivity index (χ3n) is 6.36. The molecule has 1 fully saturated rings. The van der Waals surface area contributed by atoms with Gasteiger partial charge in [-0.2, -0.15) is 26.3 Å². The number of hydrogen-bond acceptors (Lipinski definition) is 2. The number of aryl methyl sites for hydroxylation is 1. The number of carbonyl (C=O) groups is 1. The van der Waals surface area contributed by atoms with Crippen LogP contribution in [0.25, 0.3) is 0 Å². The molecule has 0 N–H and O–H groups in total. The van der Waals surface area contributed by atoms with E-state index >= 15 is 0 Å². The van der Waals surface area contributed by atoms with Gasteiger partial charge in [0.1, 0.15) is 11.5 Å². The minimum atomic E-state index is -4.88. The van der Waals surface area contributed by atoms with Crippen LogP contribution in [0, 0.1) is 5.92 Å². The second-order valence-electron chi connectivity index (χ2n) is 8.74. The summed E-state index contributed by atoms with van der Waals surface area (Å²) in [7, 11) is 0. The number of rotatable bonds is 2. The molecule has 2 aromatic rings. The molecule has 0 aliphatic carbocycles. The van der Waals surface area contributed by atoms with Crippen LogP contribution in [0.3, 0.4) is 0 Å². The van der Waals surface area contributed by atoms with Gasteiger partial charge in [-0.25, -0.2) is 4.98 Å². The average Bonchev–Trinajstić information content (AvgIpc) is 3.15. The van der Waals surface area contributed by atoms with E-state index in [1.54, 1.807) is 15.7 Å². The summed E-state index contributed by atoms with van der Waals surface area (Å²) in [5.74, 6) is 0.453. The number of aromatic nitrogens is 2. The molecule has 3 heterocycles. The number of imidazole rings is 1. The van der Waals surface area contributed by atoms with Crippen molar-refractivity contribution in [3.8, 4) is 0 Å². The largest absolute Gasteiger partial charge is 0.416 e. The number of halogens is 6. The lowest BCUT2D eigenvalue weighted by atomic mass is 9.89. The summed E-state index contributed by atoms with van der Waals surface area (Å²) < 4.78 is 80.9. The maximum absolute atomic E-state index is 13.2. The van der Waals surface area contributed by atoms with Crippen LogP contribution in [0.2, 0.25) is 0 Å². The van der Waals surface area contributed by atoms with Gasteiger partial charge >= 0.3 is 12.4 Å². The summed E-state index contributed by atoms with van der Waals surface area (Å²) in [6.45, 7) is 3.60. The van der Waals surface area contributed by atoms with Gasteiger partial charge < -0.3 is 9.47 Å². The first-order valence-corrected chi connectivity index (χ1v) is 10.6. The van der Waals surface area contributed by atoms with Crippen molar-refractivity contribution in [2.75, 3.05) is 13.1 Å². The highest BCUT2D eigenvalue weighted by Gasteiger charge is 2.38. The lowest BCUT2D eigenvalue weighted by Gasteiger charge is -2.29. The number of likely N-dealkylation sites (tertiary alicyclic amines) is 1. The van der Waals surface area contributed by atoms with E-state index < -0.39 is 29.4 Å². The monoisotopic (exact) mass is 459 g/mol. The van der Waals surface area contributed by atoms with Gasteiger partial charge in [-0.1, -0.05) is 6.92 Å². The van der Waals surface area contributed by atoms with Crippen molar-refractivity contribution >= 4 is 5.91 Å². The second-order valence-corrected chi connectivity index (χ2v) is 8.74. The number of nitrogens with zero attached hydrogens (tertiary/aromatic N) is 3. The average molecular weight is 459 g/mol. The van der Waals surface area contributed by atoms with Crippen molar-refractivity contribution in [1.29, 1.82) is 0 Å². The first-order chi connectivity index (χ1) is 14.9. The summed E-state index contributed by atoms with van der Waals surface area (Å²) in [5, 5.41) is 0. The summed E-state index contributed by atoms with van der Waals surface area (Å²) in [6.07, 6.45) is -5.64. The van der Waals surface area contributed by atoms with E-state index in [4.69, 9.17) is 0 Å². The minimum absolute atomic E-state index is 0.00982. The van der Waals surface area contributed by atoms with Crippen molar-refractivity contribution in [3.05, 3.63) is 52.6 Å². The van der Waals surface area contributed by atoms with Gasteiger partial charge in [0.2, 0.25) is 0 Å². The van der Waals surface area contributed by atoms with E-state index in [1.807, 2.05) is 0 Å². The molecule has 0 spiro atoms. The van der Waals surface area contributed by atoms with Gasteiger partial charge in [0, 0.05) is 38.2 Å². The van der Waals surface area contributed by atoms with Gasteiger partial charge in [0.25, 0.3) is 5.91 Å². The molecule has 1 amide bonds. The third kappa shape index (κ3) is 4.63. The molecule has 32 heavy (non-hydrogen) atoms. The molecular weight excluding hydrogens is 436 g/mol. The number of piperidine rings is 1. The number of hydrogen-bond donors (Lipinski definition) is 0. The van der Waals surface area contributed by atoms with E-state index in [0.717, 1.165) is 25.0 Å². The van der Waals surface area contributed by atoms with Crippen molar-refractivity contribution in [2.24, 2.45) is 5.92 Å². The molecule has 4 nitrogen and oxygen atoms in total. The van der Waals surface area contributed by atoms with Gasteiger partial charge in [0.15, 0.2) is 0 Å². The first-order valence-electron chi connectivity index (χ1n) is 10.6. The second kappa shape index (κ2) is 8.12. The highest BCUT2D eigenvalue weighted by molar-refractivity contribution is 5.92. The Morgan fingerprint density at radius 2 is 1.56 bits per heavy atom. The fraction of sp³-hybridized carbons (Fsp3) is 0.545. The Bertz CT molecular complexity index is 970. The number of fused-ring (bicyclic) bond motifs is 1. The summed E-state index contributed by atoms with van der Waals surface area (Å²) in [4.78, 5) is 18.9. The van der Waals surface area contributed by atoms with Crippen LogP contribution in [-0.2, 0) is 25.3 Å². The summed E-state index contributed by atoms with van der Waals surface area (Å²) in [6, 6.07) is 1.73. The fourth-order valence-electron chi connectivity index (χ4n) is 4.41. The maximum Gasteiger partial charge on any atom is 0.416 e. The van der Waals surface area contributed by atoms with Crippen LogP contribution in [-0.4, -0.2) is 33.4 Å². The van der Waals surface area contributed by atoms with E-state index in [0.29, 0.717) is 37.7 Å². The van der Waals surface area contributed by atoms with Crippen molar-refractivity contribution in [2.45, 2.75) is 57.4 Å². The number of alkyl halides is 6. The van der Waals surface area contributed by atoms with Crippen molar-refractivity contribution < 1.29 is 31.1 Å². The molecule has 0 unspecified atom stereocenters. The predicted molar refractivity (Wildman–Crippen MR) is 104 cm³/mol. The first kappa shape index (κ1) is 22.7. The van der Waals surface area contributed by atoms with Crippen LogP contribution in [0.4, 0.5) is 26.3 Å². The molecule has 1 saturated heterocycles. The molecule has 1 aromatic heterocycles. The van der Waals surface area contributed by atoms with Crippen molar-refractivity contribution in [1.82, 2.24) is 14.5 Å². The SMILES string of the molecule is CC1CCN(C(=O)c2cn3c(n2)CC[C@H](c2cc(C(F)(F)F)cc(C(F)(F)F)c2)C3)CC1. The lowest BCUT2D eigenvalue weighted by molar-refractivity contribution is -0.143. The van der Waals surface area contributed by atoms with Crippen LogP contribution >= 0.6 is 0 Å². The third-order valence-corrected chi connectivity index (χ3v) is 6.36. The Morgan fingerprint density at radius 1 is 0.969 bits per heavy atom. The Labute approximate surface area is 181 Å². The Morgan fingerprint density at radius 3 is 2.12 bits per heavy atom. The lowest BCUT2D eigenvalue weighted by Crippen LogP contribution is -2.38. The zero-order valence-corrected chi connectivity index (χ0v) is 17.4. The van der Waals surface area contributed by atoms with Crippen LogP contribution in [0.5, 0.6) is 0 Å². The smallest absolute Gasteiger partial charge is 0.337 e. The van der Waals surface area contributed by atoms with Gasteiger partial charge in [-0.05, 0) is 48.9 Å². The number of amides is 1. The minimum Gasteiger partial charge on any atom is -0.337 e. The van der Waals surface area contributed by atoms with Crippen molar-refractivity contribution in [3.63, 3.8) is 0 Å². The van der Waals surface area contributed by atoms with Crippen LogP contribution in [0.1, 0.15) is 65.1 Å². The fourth-order valence-corrected chi connectivity index (χ4v) is 4.41. The van der Waals surface area contributed by atoms with E-state index in [9.17, 15) is 31.1 Å². The molecule has 0 bridgehead atoms. The number of carbonyl (C=O) groups excluding carboxylic acids is 1. The molecule has 10 heteroatoms. The predicted octanol–water partition coefficient (Wildman–Crippen LogP) is 5.52. The molecule has 174 valence electrons. The zero-order chi connectivity index (χ0) is 23.3. The molecule has 2 aliphatic heterocycles. The Balaban J connectivity index is 1.58. The van der Waals surface area contributed by atoms with Gasteiger partial charge in [0.05, 0.1) is 11.1 Å². The Hall–Kier alpha value is -2.52. The van der Waals surface area contributed by atoms with E-state index in [2.05, 4.69) is 11.9 Å². The standard InChI is InChI=1S/C22H23F6N3O/c1-13-4-6-30(7-5-13)20(32)18-12-31-11-14(2-3-19(31)29-18)15-8-16(21(23,24)25)10-17(9-15)22(26,27)28/h8-10,12-14H,2-7,11H2,1H3/t14-/m0/s1. The molecular formula is C22H23F6N3O. The van der Waals surface area contributed by atoms with E-state index in [-0.39, 0.29) is 29.8 Å².